The minimum Gasteiger partial charge on any atom is -0.381 e. The molecule has 1 unspecified atom stereocenters. The van der Waals surface area contributed by atoms with Crippen LogP contribution in [-0.4, -0.2) is 32.2 Å². The molecule has 3 nitrogen and oxygen atoms in total. The van der Waals surface area contributed by atoms with Gasteiger partial charge in [-0.05, 0) is 18.2 Å². The van der Waals surface area contributed by atoms with Crippen LogP contribution in [-0.2, 0) is 0 Å². The number of benzene rings is 1. The maximum Gasteiger partial charge on any atom is 0.0617 e. The second-order valence-corrected chi connectivity index (χ2v) is 5.01. The topological polar surface area (TPSA) is 27.3 Å². The molecule has 0 saturated carbocycles. The van der Waals surface area contributed by atoms with Crippen LogP contribution in [0.2, 0.25) is 0 Å². The molecular weight excluding hydrogens is 254 g/mol. The maximum atomic E-state index is 3.54. The van der Waals surface area contributed by atoms with E-state index in [9.17, 15) is 0 Å². The van der Waals surface area contributed by atoms with Crippen LogP contribution in [0.1, 0.15) is 0 Å². The van der Waals surface area contributed by atoms with E-state index in [0.29, 0.717) is 6.04 Å². The number of nitrogens with one attached hydrogen (secondary N) is 2. The van der Waals surface area contributed by atoms with Crippen molar-refractivity contribution >= 4 is 27.3 Å². The molecular formula is C11H14BrN3. The predicted octanol–water partition coefficient (Wildman–Crippen LogP) is 1.65. The Bertz CT molecular complexity index is 380. The van der Waals surface area contributed by atoms with Crippen molar-refractivity contribution in [1.29, 1.82) is 0 Å². The van der Waals surface area contributed by atoms with Crippen molar-refractivity contribution in [2.45, 2.75) is 6.04 Å². The average molecular weight is 268 g/mol. The fraction of sp³-hybridized carbons (Fsp3) is 0.455. The van der Waals surface area contributed by atoms with E-state index in [1.54, 1.807) is 0 Å². The third-order valence-electron chi connectivity index (χ3n) is 3.15. The summed E-state index contributed by atoms with van der Waals surface area (Å²) < 4.78 is 1.15. The fourth-order valence-corrected chi connectivity index (χ4v) is 2.73. The van der Waals surface area contributed by atoms with Gasteiger partial charge in [-0.15, -0.1) is 0 Å². The molecule has 2 N–H and O–H groups in total. The molecule has 0 spiro atoms. The summed E-state index contributed by atoms with van der Waals surface area (Å²) in [5, 5.41) is 6.92. The van der Waals surface area contributed by atoms with E-state index >= 15 is 0 Å². The first-order valence-electron chi connectivity index (χ1n) is 5.35. The lowest BCUT2D eigenvalue weighted by molar-refractivity contribution is 0.482. The summed E-state index contributed by atoms with van der Waals surface area (Å²) >= 11 is 3.54. The summed E-state index contributed by atoms with van der Waals surface area (Å²) in [4.78, 5) is 2.51. The Hall–Kier alpha value is -0.740. The summed E-state index contributed by atoms with van der Waals surface area (Å²) in [6, 6.07) is 7.05. The second-order valence-electron chi connectivity index (χ2n) is 4.09. The van der Waals surface area contributed by atoms with Gasteiger partial charge in [-0.1, -0.05) is 15.9 Å². The fourth-order valence-electron chi connectivity index (χ4n) is 2.38. The highest BCUT2D eigenvalue weighted by Crippen LogP contribution is 2.34. The first-order valence-corrected chi connectivity index (χ1v) is 6.15. The highest BCUT2D eigenvalue weighted by atomic mass is 79.9. The Labute approximate surface area is 98.0 Å². The number of nitrogens with zero attached hydrogens (tertiary/aromatic N) is 1. The monoisotopic (exact) mass is 267 g/mol. The van der Waals surface area contributed by atoms with Crippen LogP contribution in [0.15, 0.2) is 22.7 Å². The molecule has 80 valence electrons. The Balaban J connectivity index is 2.01. The summed E-state index contributed by atoms with van der Waals surface area (Å²) in [6.07, 6.45) is 0. The molecule has 1 aromatic carbocycles. The quantitative estimate of drug-likeness (QED) is 0.749. The van der Waals surface area contributed by atoms with Gasteiger partial charge in [0.1, 0.15) is 0 Å². The van der Waals surface area contributed by atoms with Gasteiger partial charge in [-0.25, -0.2) is 0 Å². The maximum absolute atomic E-state index is 3.54. The Kier molecular flexibility index (Phi) is 2.33. The molecule has 0 radical (unpaired) electrons. The molecule has 2 heterocycles. The number of piperazine rings is 1. The van der Waals surface area contributed by atoms with E-state index in [0.717, 1.165) is 30.7 Å². The lowest BCUT2D eigenvalue weighted by Gasteiger charge is -2.42. The lowest BCUT2D eigenvalue weighted by atomic mass is 10.1. The van der Waals surface area contributed by atoms with Gasteiger partial charge in [0, 0.05) is 30.7 Å². The van der Waals surface area contributed by atoms with Crippen LogP contribution in [0.4, 0.5) is 11.4 Å². The zero-order chi connectivity index (χ0) is 10.3. The minimum absolute atomic E-state index is 0.598. The molecule has 0 aromatic heterocycles. The van der Waals surface area contributed by atoms with Crippen molar-refractivity contribution in [1.82, 2.24) is 5.32 Å². The van der Waals surface area contributed by atoms with Gasteiger partial charge < -0.3 is 15.5 Å². The molecule has 1 fully saturated rings. The van der Waals surface area contributed by atoms with Gasteiger partial charge in [0.05, 0.1) is 17.4 Å². The first kappa shape index (κ1) is 9.48. The summed E-state index contributed by atoms with van der Waals surface area (Å²) in [6.45, 7) is 4.32. The van der Waals surface area contributed by atoms with Gasteiger partial charge in [0.2, 0.25) is 0 Å². The van der Waals surface area contributed by atoms with Crippen molar-refractivity contribution in [2.75, 3.05) is 36.4 Å². The third-order valence-corrected chi connectivity index (χ3v) is 3.64. The Morgan fingerprint density at radius 2 is 2.27 bits per heavy atom. The SMILES string of the molecule is Brc1ccc2c(c1)N1CCNCC1CN2. The van der Waals surface area contributed by atoms with E-state index in [-0.39, 0.29) is 0 Å². The third kappa shape index (κ3) is 1.62. The van der Waals surface area contributed by atoms with Crippen LogP contribution in [0, 0.1) is 0 Å². The molecule has 0 amide bonds. The second kappa shape index (κ2) is 3.68. The predicted molar refractivity (Wildman–Crippen MR) is 66.6 cm³/mol. The van der Waals surface area contributed by atoms with Crippen molar-refractivity contribution in [2.24, 2.45) is 0 Å². The van der Waals surface area contributed by atoms with Gasteiger partial charge in [0.25, 0.3) is 0 Å². The summed E-state index contributed by atoms with van der Waals surface area (Å²) in [7, 11) is 0. The van der Waals surface area contributed by atoms with Crippen molar-refractivity contribution in [3.8, 4) is 0 Å². The molecule has 4 heteroatoms. The molecule has 1 aromatic rings. The first-order chi connectivity index (χ1) is 7.34. The standard InChI is InChI=1S/C11H14BrN3/c12-8-1-2-10-11(5-8)15-4-3-13-6-9(15)7-14-10/h1-2,5,9,13-14H,3-4,6-7H2. The Morgan fingerprint density at radius 3 is 3.20 bits per heavy atom. The van der Waals surface area contributed by atoms with Gasteiger partial charge in [-0.3, -0.25) is 0 Å². The highest BCUT2D eigenvalue weighted by Gasteiger charge is 2.27. The number of hydrogen-bond acceptors (Lipinski definition) is 3. The number of fused-ring (bicyclic) bond motifs is 3. The van der Waals surface area contributed by atoms with Crippen LogP contribution >= 0.6 is 15.9 Å². The van der Waals surface area contributed by atoms with E-state index in [1.807, 2.05) is 0 Å². The summed E-state index contributed by atoms with van der Waals surface area (Å²) in [5.41, 5.74) is 2.60. The van der Waals surface area contributed by atoms with Crippen LogP contribution in [0.25, 0.3) is 0 Å². The van der Waals surface area contributed by atoms with Crippen molar-refractivity contribution in [3.05, 3.63) is 22.7 Å². The Morgan fingerprint density at radius 1 is 1.33 bits per heavy atom. The molecule has 2 aliphatic rings. The van der Waals surface area contributed by atoms with Gasteiger partial charge >= 0.3 is 0 Å². The van der Waals surface area contributed by atoms with Crippen LogP contribution < -0.4 is 15.5 Å². The minimum atomic E-state index is 0.598. The molecule has 3 rings (SSSR count). The lowest BCUT2D eigenvalue weighted by Crippen LogP contribution is -2.56. The van der Waals surface area contributed by atoms with Gasteiger partial charge in [0.15, 0.2) is 0 Å². The molecule has 0 bridgehead atoms. The van der Waals surface area contributed by atoms with E-state index < -0.39 is 0 Å². The van der Waals surface area contributed by atoms with Crippen molar-refractivity contribution in [3.63, 3.8) is 0 Å². The van der Waals surface area contributed by atoms with E-state index in [2.05, 4.69) is 49.7 Å². The molecule has 1 atom stereocenters. The molecule has 1 saturated heterocycles. The highest BCUT2D eigenvalue weighted by molar-refractivity contribution is 9.10. The zero-order valence-corrected chi connectivity index (χ0v) is 10.0. The largest absolute Gasteiger partial charge is 0.381 e. The molecule has 2 aliphatic heterocycles. The average Bonchev–Trinajstić information content (AvgIpc) is 2.29. The number of rotatable bonds is 0. The van der Waals surface area contributed by atoms with Crippen LogP contribution in [0.3, 0.4) is 0 Å². The summed E-state index contributed by atoms with van der Waals surface area (Å²) in [5.74, 6) is 0. The number of halogens is 1. The normalized spacial score (nSPS) is 24.1. The van der Waals surface area contributed by atoms with Crippen LogP contribution in [0.5, 0.6) is 0 Å². The molecule has 0 aliphatic carbocycles. The van der Waals surface area contributed by atoms with Crippen molar-refractivity contribution < 1.29 is 0 Å². The number of anilines is 2. The van der Waals surface area contributed by atoms with E-state index in [1.165, 1.54) is 11.4 Å². The number of hydrogen-bond donors (Lipinski definition) is 2. The van der Waals surface area contributed by atoms with Gasteiger partial charge in [-0.2, -0.15) is 0 Å². The smallest absolute Gasteiger partial charge is 0.0617 e. The molecule has 15 heavy (non-hydrogen) atoms. The van der Waals surface area contributed by atoms with E-state index in [4.69, 9.17) is 0 Å². The zero-order valence-electron chi connectivity index (χ0n) is 8.46.